The molecule has 4 atom stereocenters. The van der Waals surface area contributed by atoms with Gasteiger partial charge in [-0.05, 0) is 49.3 Å². The average molecular weight is 504 g/mol. The van der Waals surface area contributed by atoms with E-state index in [4.69, 9.17) is 0 Å². The Morgan fingerprint density at radius 3 is 2.51 bits per heavy atom. The number of nitrogens with zero attached hydrogens (tertiary/aromatic N) is 1. The van der Waals surface area contributed by atoms with Crippen LogP contribution in [-0.4, -0.2) is 52.8 Å². The van der Waals surface area contributed by atoms with Crippen LogP contribution in [0.25, 0.3) is 0 Å². The Bertz CT molecular complexity index is 1170. The number of aldehydes is 1. The first-order valence-corrected chi connectivity index (χ1v) is 12.9. The number of carbonyl (C=O) groups is 5. The molecular formula is C29H33N3O5. The molecule has 2 aromatic carbocycles. The molecule has 0 aromatic heterocycles. The molecule has 37 heavy (non-hydrogen) atoms. The lowest BCUT2D eigenvalue weighted by molar-refractivity contribution is -0.146. The molecule has 2 N–H and O–H groups in total. The van der Waals surface area contributed by atoms with Crippen LogP contribution in [0.2, 0.25) is 0 Å². The van der Waals surface area contributed by atoms with Gasteiger partial charge < -0.3 is 20.3 Å². The highest BCUT2D eigenvalue weighted by atomic mass is 16.2. The molecule has 0 spiro atoms. The molecule has 0 radical (unpaired) electrons. The Balaban J connectivity index is 1.54. The molecule has 2 aromatic rings. The minimum atomic E-state index is -0.948. The molecular weight excluding hydrogens is 470 g/mol. The molecule has 0 unspecified atom stereocenters. The van der Waals surface area contributed by atoms with E-state index in [1.54, 1.807) is 4.90 Å². The largest absolute Gasteiger partial charge is 0.344 e. The first-order valence-electron chi connectivity index (χ1n) is 12.9. The molecule has 2 aliphatic heterocycles. The number of carbonyl (C=O) groups excluding carboxylic acids is 5. The summed E-state index contributed by atoms with van der Waals surface area (Å²) in [6.45, 7) is 1.36. The third-order valence-electron chi connectivity index (χ3n) is 7.14. The van der Waals surface area contributed by atoms with Gasteiger partial charge >= 0.3 is 0 Å². The molecule has 2 aliphatic rings. The van der Waals surface area contributed by atoms with Crippen molar-refractivity contribution < 1.29 is 24.0 Å². The normalized spacial score (nSPS) is 21.6. The monoisotopic (exact) mass is 503 g/mol. The van der Waals surface area contributed by atoms with Crippen molar-refractivity contribution >= 4 is 29.8 Å². The number of aryl methyl sites for hydroxylation is 1. The lowest BCUT2D eigenvalue weighted by Gasteiger charge is -2.42. The van der Waals surface area contributed by atoms with E-state index in [2.05, 4.69) is 10.6 Å². The van der Waals surface area contributed by atoms with Gasteiger partial charge in [0.1, 0.15) is 24.2 Å². The summed E-state index contributed by atoms with van der Waals surface area (Å²) in [4.78, 5) is 64.7. The zero-order valence-corrected chi connectivity index (χ0v) is 21.0. The second-order valence-electron chi connectivity index (χ2n) is 9.87. The Morgan fingerprint density at radius 2 is 1.78 bits per heavy atom. The fourth-order valence-corrected chi connectivity index (χ4v) is 5.38. The average Bonchev–Trinajstić information content (AvgIpc) is 3.06. The van der Waals surface area contributed by atoms with Crippen LogP contribution in [0.3, 0.4) is 0 Å². The summed E-state index contributed by atoms with van der Waals surface area (Å²) >= 11 is 0. The van der Waals surface area contributed by atoms with Crippen molar-refractivity contribution in [2.24, 2.45) is 0 Å². The maximum absolute atomic E-state index is 13.9. The highest BCUT2D eigenvalue weighted by Gasteiger charge is 2.44. The predicted octanol–water partition coefficient (Wildman–Crippen LogP) is 2.45. The van der Waals surface area contributed by atoms with Gasteiger partial charge in [0.25, 0.3) is 0 Å². The maximum atomic E-state index is 13.9. The topological polar surface area (TPSA) is 113 Å². The minimum absolute atomic E-state index is 0.101. The van der Waals surface area contributed by atoms with Crippen molar-refractivity contribution in [2.45, 2.75) is 76.0 Å². The van der Waals surface area contributed by atoms with E-state index in [0.717, 1.165) is 16.7 Å². The second-order valence-corrected chi connectivity index (χ2v) is 9.87. The van der Waals surface area contributed by atoms with E-state index in [1.807, 2.05) is 54.6 Å². The summed E-state index contributed by atoms with van der Waals surface area (Å²) in [5.41, 5.74) is 3.03. The van der Waals surface area contributed by atoms with E-state index < -0.39 is 24.0 Å². The smallest absolute Gasteiger partial charge is 0.246 e. The van der Waals surface area contributed by atoms with Gasteiger partial charge in [0.15, 0.2) is 0 Å². The zero-order valence-electron chi connectivity index (χ0n) is 21.0. The van der Waals surface area contributed by atoms with Crippen molar-refractivity contribution in [1.29, 1.82) is 0 Å². The van der Waals surface area contributed by atoms with Crippen LogP contribution in [0.1, 0.15) is 61.8 Å². The third kappa shape index (κ3) is 6.31. The fraction of sp³-hybridized carbons (Fsp3) is 0.414. The van der Waals surface area contributed by atoms with Crippen LogP contribution in [0.4, 0.5) is 0 Å². The van der Waals surface area contributed by atoms with Gasteiger partial charge in [0.05, 0.1) is 12.1 Å². The van der Waals surface area contributed by atoms with Crippen molar-refractivity contribution in [2.75, 3.05) is 0 Å². The first kappa shape index (κ1) is 26.3. The summed E-state index contributed by atoms with van der Waals surface area (Å²) in [5, 5.41) is 5.57. The Morgan fingerprint density at radius 1 is 1.05 bits per heavy atom. The van der Waals surface area contributed by atoms with Gasteiger partial charge in [0.2, 0.25) is 17.7 Å². The van der Waals surface area contributed by atoms with Crippen LogP contribution in [0, 0.1) is 0 Å². The minimum Gasteiger partial charge on any atom is -0.344 e. The number of rotatable bonds is 9. The van der Waals surface area contributed by atoms with Crippen LogP contribution in [0.15, 0.2) is 54.6 Å². The fourth-order valence-electron chi connectivity index (χ4n) is 5.38. The van der Waals surface area contributed by atoms with Gasteiger partial charge in [0, 0.05) is 19.3 Å². The highest BCUT2D eigenvalue weighted by molar-refractivity contribution is 5.94. The summed E-state index contributed by atoms with van der Waals surface area (Å²) < 4.78 is 0. The molecule has 4 rings (SSSR count). The van der Waals surface area contributed by atoms with Crippen LogP contribution < -0.4 is 10.6 Å². The van der Waals surface area contributed by atoms with Gasteiger partial charge in [-0.1, -0.05) is 54.6 Å². The second kappa shape index (κ2) is 12.0. The predicted molar refractivity (Wildman–Crippen MR) is 137 cm³/mol. The van der Waals surface area contributed by atoms with E-state index >= 15 is 0 Å². The Kier molecular flexibility index (Phi) is 8.48. The van der Waals surface area contributed by atoms with Gasteiger partial charge in [-0.15, -0.1) is 0 Å². The van der Waals surface area contributed by atoms with Crippen LogP contribution >= 0.6 is 0 Å². The summed E-state index contributed by atoms with van der Waals surface area (Å²) in [6, 6.07) is 14.6. The molecule has 0 saturated carbocycles. The molecule has 1 saturated heterocycles. The highest BCUT2D eigenvalue weighted by Crippen LogP contribution is 2.39. The molecule has 3 amide bonds. The number of nitrogens with one attached hydrogen (secondary N) is 2. The molecule has 8 nitrogen and oxygen atoms in total. The lowest BCUT2D eigenvalue weighted by atomic mass is 9.86. The van der Waals surface area contributed by atoms with Crippen molar-refractivity contribution in [1.82, 2.24) is 15.5 Å². The number of hydrogen-bond acceptors (Lipinski definition) is 5. The molecule has 8 heteroatoms. The first-order chi connectivity index (χ1) is 17.9. The summed E-state index contributed by atoms with van der Waals surface area (Å²) in [5.74, 6) is -1.18. The Hall–Kier alpha value is -3.81. The van der Waals surface area contributed by atoms with Gasteiger partial charge in [-0.2, -0.15) is 0 Å². The van der Waals surface area contributed by atoms with Crippen LogP contribution in [-0.2, 0) is 36.8 Å². The van der Waals surface area contributed by atoms with E-state index in [1.165, 1.54) is 6.92 Å². The van der Waals surface area contributed by atoms with Gasteiger partial charge in [-0.3, -0.25) is 19.2 Å². The number of hydrogen-bond donors (Lipinski definition) is 2. The van der Waals surface area contributed by atoms with Crippen molar-refractivity contribution in [3.63, 3.8) is 0 Å². The maximum Gasteiger partial charge on any atom is 0.246 e. The number of benzene rings is 2. The zero-order chi connectivity index (χ0) is 26.4. The van der Waals surface area contributed by atoms with Gasteiger partial charge in [-0.25, -0.2) is 0 Å². The number of Topliss-reactive ketones (excluding diaryl/α,β-unsaturated/α-hetero) is 1. The molecule has 194 valence electrons. The van der Waals surface area contributed by atoms with E-state index in [0.29, 0.717) is 38.4 Å². The number of ketones is 1. The van der Waals surface area contributed by atoms with Crippen LogP contribution in [0.5, 0.6) is 0 Å². The SMILES string of the molecule is CC(=O)C[C@@H](C=O)NC(=O)[C@@H]1Cc2ccccc2[C@H]2CCC[C@H](NC(=O)CCc3ccccc3)C(=O)N21. The Labute approximate surface area is 216 Å². The number of fused-ring (bicyclic) bond motifs is 3. The summed E-state index contributed by atoms with van der Waals surface area (Å²) in [7, 11) is 0. The van der Waals surface area contributed by atoms with E-state index in [-0.39, 0.29) is 36.5 Å². The van der Waals surface area contributed by atoms with E-state index in [9.17, 15) is 24.0 Å². The lowest BCUT2D eigenvalue weighted by Crippen LogP contribution is -2.59. The quantitative estimate of drug-likeness (QED) is 0.511. The standard InChI is InChI=1S/C29H33N3O5/c1-19(34)16-22(18-33)30-28(36)26-17-21-10-5-6-11-23(21)25-13-7-12-24(29(37)32(25)26)31-27(35)15-14-20-8-3-2-4-9-20/h2-6,8-11,18,22,24-26H,7,12-17H2,1H3,(H,30,36)(H,31,35)/t22-,24-,25+,26-/m0/s1. The molecule has 1 fully saturated rings. The number of amides is 3. The third-order valence-corrected chi connectivity index (χ3v) is 7.14. The molecule has 0 aliphatic carbocycles. The van der Waals surface area contributed by atoms with Crippen molar-refractivity contribution in [3.8, 4) is 0 Å². The molecule has 2 heterocycles. The summed E-state index contributed by atoms with van der Waals surface area (Å²) in [6.07, 6.45) is 3.43. The van der Waals surface area contributed by atoms with Crippen molar-refractivity contribution in [3.05, 3.63) is 71.3 Å². The molecule has 0 bridgehead atoms.